The summed E-state index contributed by atoms with van der Waals surface area (Å²) >= 11 is 0. The van der Waals surface area contributed by atoms with Crippen molar-refractivity contribution in [3.05, 3.63) is 0 Å². The van der Waals surface area contributed by atoms with Gasteiger partial charge in [0, 0.05) is 24.7 Å². The number of hydrogen-bond acceptors (Lipinski definition) is 4. The predicted octanol–water partition coefficient (Wildman–Crippen LogP) is 2.04. The van der Waals surface area contributed by atoms with Gasteiger partial charge in [0.1, 0.15) is 0 Å². The Kier molecular flexibility index (Phi) is 6.80. The van der Waals surface area contributed by atoms with E-state index in [-0.39, 0.29) is 17.9 Å². The summed E-state index contributed by atoms with van der Waals surface area (Å²) < 4.78 is 4.87. The lowest BCUT2D eigenvalue weighted by Crippen LogP contribution is -2.51. The maximum atomic E-state index is 11.7. The van der Waals surface area contributed by atoms with Gasteiger partial charge in [-0.05, 0) is 40.2 Å². The molecule has 0 aromatic heterocycles. The van der Waals surface area contributed by atoms with Crippen LogP contribution in [0.3, 0.4) is 0 Å². The summed E-state index contributed by atoms with van der Waals surface area (Å²) in [5, 5.41) is 3.58. The van der Waals surface area contributed by atoms with Gasteiger partial charge in [0.25, 0.3) is 0 Å². The van der Waals surface area contributed by atoms with Crippen molar-refractivity contribution in [3.63, 3.8) is 0 Å². The standard InChI is InChI=1S/C15H30N2O2/c1-11(2)17(10-14-8-6-7-9-16-14)13(4)12(3)15(18)19-5/h11-14,16H,6-10H2,1-5H3. The fourth-order valence-electron chi connectivity index (χ4n) is 2.85. The van der Waals surface area contributed by atoms with Gasteiger partial charge in [0.2, 0.25) is 0 Å². The fraction of sp³-hybridized carbons (Fsp3) is 0.933. The molecule has 0 radical (unpaired) electrons. The van der Waals surface area contributed by atoms with Crippen LogP contribution in [0, 0.1) is 5.92 Å². The molecule has 19 heavy (non-hydrogen) atoms. The molecule has 1 rings (SSSR count). The zero-order chi connectivity index (χ0) is 14.4. The number of methoxy groups -OCH3 is 1. The minimum Gasteiger partial charge on any atom is -0.469 e. The average Bonchev–Trinajstić information content (AvgIpc) is 2.43. The number of piperidine rings is 1. The highest BCUT2D eigenvalue weighted by atomic mass is 16.5. The smallest absolute Gasteiger partial charge is 0.309 e. The van der Waals surface area contributed by atoms with Crippen LogP contribution in [0.4, 0.5) is 0 Å². The Morgan fingerprint density at radius 1 is 1.32 bits per heavy atom. The first-order valence-corrected chi connectivity index (χ1v) is 7.54. The summed E-state index contributed by atoms with van der Waals surface area (Å²) in [7, 11) is 1.47. The van der Waals surface area contributed by atoms with Crippen molar-refractivity contribution in [1.82, 2.24) is 10.2 Å². The lowest BCUT2D eigenvalue weighted by molar-refractivity contribution is -0.147. The topological polar surface area (TPSA) is 41.6 Å². The van der Waals surface area contributed by atoms with Crippen LogP contribution in [0.5, 0.6) is 0 Å². The Balaban J connectivity index is 2.62. The Hall–Kier alpha value is -0.610. The molecule has 3 unspecified atom stereocenters. The molecule has 1 aliphatic heterocycles. The first-order chi connectivity index (χ1) is 8.97. The average molecular weight is 270 g/mol. The molecule has 3 atom stereocenters. The summed E-state index contributed by atoms with van der Waals surface area (Å²) in [6.45, 7) is 10.6. The second-order valence-corrected chi connectivity index (χ2v) is 5.99. The minimum absolute atomic E-state index is 0.0870. The zero-order valence-corrected chi connectivity index (χ0v) is 13.1. The number of nitrogens with one attached hydrogen (secondary N) is 1. The molecule has 0 aromatic rings. The largest absolute Gasteiger partial charge is 0.469 e. The second-order valence-electron chi connectivity index (χ2n) is 5.99. The van der Waals surface area contributed by atoms with Gasteiger partial charge in [-0.15, -0.1) is 0 Å². The van der Waals surface area contributed by atoms with Gasteiger partial charge < -0.3 is 10.1 Å². The Morgan fingerprint density at radius 2 is 2.00 bits per heavy atom. The highest BCUT2D eigenvalue weighted by Gasteiger charge is 2.29. The maximum Gasteiger partial charge on any atom is 0.309 e. The van der Waals surface area contributed by atoms with Crippen molar-refractivity contribution in [3.8, 4) is 0 Å². The number of carbonyl (C=O) groups excluding carboxylic acids is 1. The molecule has 1 aliphatic rings. The lowest BCUT2D eigenvalue weighted by atomic mass is 9.98. The van der Waals surface area contributed by atoms with Crippen LogP contribution in [-0.2, 0) is 9.53 Å². The van der Waals surface area contributed by atoms with E-state index >= 15 is 0 Å². The van der Waals surface area contributed by atoms with Gasteiger partial charge in [-0.1, -0.05) is 13.3 Å². The summed E-state index contributed by atoms with van der Waals surface area (Å²) in [4.78, 5) is 14.1. The van der Waals surface area contributed by atoms with Crippen molar-refractivity contribution < 1.29 is 9.53 Å². The zero-order valence-electron chi connectivity index (χ0n) is 13.1. The third-order valence-electron chi connectivity index (χ3n) is 4.33. The SMILES string of the molecule is COC(=O)C(C)C(C)N(CC1CCCCN1)C(C)C. The lowest BCUT2D eigenvalue weighted by Gasteiger charge is -2.38. The van der Waals surface area contributed by atoms with Gasteiger partial charge in [0.05, 0.1) is 13.0 Å². The van der Waals surface area contributed by atoms with E-state index in [1.807, 2.05) is 6.92 Å². The van der Waals surface area contributed by atoms with Gasteiger partial charge in [-0.2, -0.15) is 0 Å². The molecule has 0 amide bonds. The molecule has 0 aliphatic carbocycles. The number of hydrogen-bond donors (Lipinski definition) is 1. The molecule has 1 fully saturated rings. The Morgan fingerprint density at radius 3 is 2.47 bits per heavy atom. The number of rotatable bonds is 6. The number of esters is 1. The summed E-state index contributed by atoms with van der Waals surface area (Å²) in [6.07, 6.45) is 3.83. The predicted molar refractivity (Wildman–Crippen MR) is 78.1 cm³/mol. The van der Waals surface area contributed by atoms with E-state index in [1.165, 1.54) is 26.4 Å². The highest BCUT2D eigenvalue weighted by molar-refractivity contribution is 5.72. The van der Waals surface area contributed by atoms with E-state index in [0.29, 0.717) is 12.1 Å². The van der Waals surface area contributed by atoms with Crippen molar-refractivity contribution >= 4 is 5.97 Å². The van der Waals surface area contributed by atoms with Crippen molar-refractivity contribution in [2.24, 2.45) is 5.92 Å². The monoisotopic (exact) mass is 270 g/mol. The number of carbonyl (C=O) groups is 1. The molecule has 4 nitrogen and oxygen atoms in total. The molecule has 0 saturated carbocycles. The third kappa shape index (κ3) is 4.77. The van der Waals surface area contributed by atoms with E-state index in [4.69, 9.17) is 4.74 Å². The molecular weight excluding hydrogens is 240 g/mol. The Labute approximate surface area is 117 Å². The van der Waals surface area contributed by atoms with E-state index in [0.717, 1.165) is 13.1 Å². The van der Waals surface area contributed by atoms with Gasteiger partial charge in [0.15, 0.2) is 0 Å². The molecule has 0 spiro atoms. The normalized spacial score (nSPS) is 23.4. The van der Waals surface area contributed by atoms with Crippen LogP contribution in [0.15, 0.2) is 0 Å². The number of ether oxygens (including phenoxy) is 1. The quantitative estimate of drug-likeness (QED) is 0.750. The van der Waals surface area contributed by atoms with Crippen molar-refractivity contribution in [2.45, 2.75) is 65.1 Å². The third-order valence-corrected chi connectivity index (χ3v) is 4.33. The van der Waals surface area contributed by atoms with Crippen molar-refractivity contribution in [1.29, 1.82) is 0 Å². The number of nitrogens with zero attached hydrogens (tertiary/aromatic N) is 1. The van der Waals surface area contributed by atoms with Crippen LogP contribution in [0.25, 0.3) is 0 Å². The first kappa shape index (κ1) is 16.4. The maximum absolute atomic E-state index is 11.7. The molecule has 4 heteroatoms. The van der Waals surface area contributed by atoms with Gasteiger partial charge >= 0.3 is 5.97 Å². The molecule has 1 heterocycles. The van der Waals surface area contributed by atoms with Gasteiger partial charge in [-0.3, -0.25) is 9.69 Å². The molecular formula is C15H30N2O2. The van der Waals surface area contributed by atoms with Crippen molar-refractivity contribution in [2.75, 3.05) is 20.2 Å². The fourth-order valence-corrected chi connectivity index (χ4v) is 2.85. The summed E-state index contributed by atoms with van der Waals surface area (Å²) in [5.41, 5.74) is 0. The van der Waals surface area contributed by atoms with Crippen LogP contribution in [0.2, 0.25) is 0 Å². The first-order valence-electron chi connectivity index (χ1n) is 7.54. The molecule has 1 N–H and O–H groups in total. The second kappa shape index (κ2) is 7.85. The van der Waals surface area contributed by atoms with E-state index in [1.54, 1.807) is 0 Å². The minimum atomic E-state index is -0.116. The molecule has 0 aromatic carbocycles. The van der Waals surface area contributed by atoms with E-state index < -0.39 is 0 Å². The van der Waals surface area contributed by atoms with Crippen LogP contribution >= 0.6 is 0 Å². The van der Waals surface area contributed by atoms with Crippen LogP contribution in [0.1, 0.15) is 47.0 Å². The summed E-state index contributed by atoms with van der Waals surface area (Å²) in [6, 6.07) is 1.20. The molecule has 0 bridgehead atoms. The highest BCUT2D eigenvalue weighted by Crippen LogP contribution is 2.18. The summed E-state index contributed by atoms with van der Waals surface area (Å²) in [5.74, 6) is -0.203. The van der Waals surface area contributed by atoms with Crippen LogP contribution < -0.4 is 5.32 Å². The molecule has 1 saturated heterocycles. The molecule has 112 valence electrons. The van der Waals surface area contributed by atoms with Gasteiger partial charge in [-0.25, -0.2) is 0 Å². The van der Waals surface area contributed by atoms with E-state index in [9.17, 15) is 4.79 Å². The van der Waals surface area contributed by atoms with Crippen LogP contribution in [-0.4, -0.2) is 49.2 Å². The Bertz CT molecular complexity index is 275. The van der Waals surface area contributed by atoms with E-state index in [2.05, 4.69) is 31.0 Å².